The molecule has 1 aliphatic heterocycles. The fourth-order valence-electron chi connectivity index (χ4n) is 2.45. The summed E-state index contributed by atoms with van der Waals surface area (Å²) >= 11 is 0. The molecule has 0 aromatic heterocycles. The molecule has 1 aromatic rings. The maximum Gasteiger partial charge on any atom is 0.253 e. The van der Waals surface area contributed by atoms with Crippen molar-refractivity contribution in [1.82, 2.24) is 14.5 Å². The number of nitrogens with one attached hydrogen (secondary N) is 1. The third-order valence-electron chi connectivity index (χ3n) is 3.75. The zero-order valence-corrected chi connectivity index (χ0v) is 14.3. The standard InChI is InChI=1S/C15H21N3O4S/c1-17(2)15(20)11-5-4-6-13(9-11)23(21,22)16-12-7-8-14(19)18(3)10-12/h4-6,9,12,16H,7-8,10H2,1-3H3. The highest BCUT2D eigenvalue weighted by Crippen LogP contribution is 2.16. The quantitative estimate of drug-likeness (QED) is 0.854. The van der Waals surface area contributed by atoms with Crippen molar-refractivity contribution in [3.8, 4) is 0 Å². The molecule has 1 unspecified atom stereocenters. The Morgan fingerprint density at radius 3 is 2.65 bits per heavy atom. The van der Waals surface area contributed by atoms with Gasteiger partial charge in [0.15, 0.2) is 0 Å². The molecule has 1 N–H and O–H groups in total. The highest BCUT2D eigenvalue weighted by Gasteiger charge is 2.27. The summed E-state index contributed by atoms with van der Waals surface area (Å²) in [6, 6.07) is 5.61. The molecule has 1 atom stereocenters. The van der Waals surface area contributed by atoms with Gasteiger partial charge in [0.1, 0.15) is 0 Å². The summed E-state index contributed by atoms with van der Waals surface area (Å²) < 4.78 is 27.6. The van der Waals surface area contributed by atoms with Crippen LogP contribution in [0.4, 0.5) is 0 Å². The summed E-state index contributed by atoms with van der Waals surface area (Å²) in [5, 5.41) is 0. The van der Waals surface area contributed by atoms with Crippen LogP contribution < -0.4 is 4.72 Å². The van der Waals surface area contributed by atoms with E-state index in [0.717, 1.165) is 0 Å². The molecule has 8 heteroatoms. The van der Waals surface area contributed by atoms with Crippen molar-refractivity contribution in [1.29, 1.82) is 0 Å². The Hall–Kier alpha value is -1.93. The van der Waals surface area contributed by atoms with Crippen molar-refractivity contribution < 1.29 is 18.0 Å². The highest BCUT2D eigenvalue weighted by molar-refractivity contribution is 7.89. The molecule has 0 saturated carbocycles. The van der Waals surface area contributed by atoms with Gasteiger partial charge < -0.3 is 9.80 Å². The fraction of sp³-hybridized carbons (Fsp3) is 0.467. The van der Waals surface area contributed by atoms with Gasteiger partial charge in [0, 0.05) is 45.7 Å². The second-order valence-electron chi connectivity index (χ2n) is 5.86. The molecule has 1 aliphatic rings. The van der Waals surface area contributed by atoms with Crippen LogP contribution in [0.25, 0.3) is 0 Å². The lowest BCUT2D eigenvalue weighted by Gasteiger charge is -2.29. The van der Waals surface area contributed by atoms with Crippen molar-refractivity contribution in [2.24, 2.45) is 0 Å². The maximum absolute atomic E-state index is 12.5. The number of likely N-dealkylation sites (tertiary alicyclic amines) is 1. The minimum atomic E-state index is -3.74. The van der Waals surface area contributed by atoms with Crippen molar-refractivity contribution in [3.05, 3.63) is 29.8 Å². The number of hydrogen-bond acceptors (Lipinski definition) is 4. The van der Waals surface area contributed by atoms with E-state index < -0.39 is 10.0 Å². The van der Waals surface area contributed by atoms with E-state index in [9.17, 15) is 18.0 Å². The minimum Gasteiger partial charge on any atom is -0.345 e. The number of carbonyl (C=O) groups excluding carboxylic acids is 2. The smallest absolute Gasteiger partial charge is 0.253 e. The first kappa shape index (κ1) is 17.4. The molecule has 0 aliphatic carbocycles. The number of amides is 2. The summed E-state index contributed by atoms with van der Waals surface area (Å²) in [6.45, 7) is 0.342. The predicted octanol–water partition coefficient (Wildman–Crippen LogP) is 0.288. The largest absolute Gasteiger partial charge is 0.345 e. The van der Waals surface area contributed by atoms with Crippen molar-refractivity contribution in [2.75, 3.05) is 27.7 Å². The molecule has 126 valence electrons. The summed E-state index contributed by atoms with van der Waals surface area (Å²) in [5.41, 5.74) is 0.314. The molecule has 2 rings (SSSR count). The SMILES string of the molecule is CN(C)C(=O)c1cccc(S(=O)(=O)NC2CCC(=O)N(C)C2)c1. The number of nitrogens with zero attached hydrogens (tertiary/aromatic N) is 2. The predicted molar refractivity (Wildman–Crippen MR) is 85.4 cm³/mol. The first-order valence-electron chi connectivity index (χ1n) is 7.29. The second kappa shape index (κ2) is 6.67. The third kappa shape index (κ3) is 4.08. The average Bonchev–Trinajstić information content (AvgIpc) is 2.50. The average molecular weight is 339 g/mol. The molecule has 1 heterocycles. The topological polar surface area (TPSA) is 86.8 Å². The summed E-state index contributed by atoms with van der Waals surface area (Å²) in [5.74, 6) is -0.246. The number of piperidine rings is 1. The van der Waals surface area contributed by atoms with E-state index in [1.807, 2.05) is 0 Å². The molecule has 0 spiro atoms. The Kier molecular flexibility index (Phi) is 5.06. The first-order valence-corrected chi connectivity index (χ1v) is 8.77. The molecule has 0 bridgehead atoms. The van der Waals surface area contributed by atoms with E-state index in [1.165, 1.54) is 21.9 Å². The van der Waals surface area contributed by atoms with Gasteiger partial charge in [0.2, 0.25) is 15.9 Å². The molecule has 1 saturated heterocycles. The van der Waals surface area contributed by atoms with Crippen molar-refractivity contribution in [3.63, 3.8) is 0 Å². The fourth-order valence-corrected chi connectivity index (χ4v) is 3.76. The third-order valence-corrected chi connectivity index (χ3v) is 5.26. The van der Waals surface area contributed by atoms with E-state index in [4.69, 9.17) is 0 Å². The zero-order valence-electron chi connectivity index (χ0n) is 13.4. The molecule has 1 aromatic carbocycles. The van der Waals surface area contributed by atoms with E-state index in [-0.39, 0.29) is 22.8 Å². The van der Waals surface area contributed by atoms with Gasteiger partial charge >= 0.3 is 0 Å². The lowest BCUT2D eigenvalue weighted by atomic mass is 10.1. The van der Waals surface area contributed by atoms with Crippen LogP contribution in [0, 0.1) is 0 Å². The lowest BCUT2D eigenvalue weighted by Crippen LogP contribution is -2.48. The number of likely N-dealkylation sites (N-methyl/N-ethyl adjacent to an activating group) is 1. The van der Waals surface area contributed by atoms with Gasteiger partial charge in [0.05, 0.1) is 4.90 Å². The monoisotopic (exact) mass is 339 g/mol. The van der Waals surface area contributed by atoms with Gasteiger partial charge in [-0.2, -0.15) is 0 Å². The van der Waals surface area contributed by atoms with Crippen LogP contribution in [-0.4, -0.2) is 63.8 Å². The van der Waals surface area contributed by atoms with E-state index in [0.29, 0.717) is 24.9 Å². The Bertz CT molecular complexity index is 715. The molecule has 7 nitrogen and oxygen atoms in total. The van der Waals surface area contributed by atoms with Crippen molar-refractivity contribution >= 4 is 21.8 Å². The van der Waals surface area contributed by atoms with Gasteiger partial charge in [-0.25, -0.2) is 13.1 Å². The normalized spacial score (nSPS) is 18.8. The summed E-state index contributed by atoms with van der Waals surface area (Å²) in [6.07, 6.45) is 0.793. The van der Waals surface area contributed by atoms with Gasteiger partial charge in [-0.15, -0.1) is 0 Å². The zero-order chi connectivity index (χ0) is 17.2. The highest BCUT2D eigenvalue weighted by atomic mass is 32.2. The van der Waals surface area contributed by atoms with Crippen LogP contribution in [0.2, 0.25) is 0 Å². The van der Waals surface area contributed by atoms with Gasteiger partial charge in [-0.05, 0) is 24.6 Å². The number of hydrogen-bond donors (Lipinski definition) is 1. The first-order chi connectivity index (χ1) is 10.7. The summed E-state index contributed by atoms with van der Waals surface area (Å²) in [7, 11) is 1.13. The van der Waals surface area contributed by atoms with Crippen LogP contribution >= 0.6 is 0 Å². The van der Waals surface area contributed by atoms with Crippen LogP contribution in [0.1, 0.15) is 23.2 Å². The Morgan fingerprint density at radius 1 is 1.35 bits per heavy atom. The molecule has 0 radical (unpaired) electrons. The molecular formula is C15H21N3O4S. The van der Waals surface area contributed by atoms with Crippen LogP contribution in [0.5, 0.6) is 0 Å². The molecular weight excluding hydrogens is 318 g/mol. The van der Waals surface area contributed by atoms with Crippen molar-refractivity contribution in [2.45, 2.75) is 23.8 Å². The van der Waals surface area contributed by atoms with Crippen LogP contribution in [0.15, 0.2) is 29.2 Å². The van der Waals surface area contributed by atoms with E-state index in [1.54, 1.807) is 33.3 Å². The lowest BCUT2D eigenvalue weighted by molar-refractivity contribution is -0.132. The number of sulfonamides is 1. The van der Waals surface area contributed by atoms with Gasteiger partial charge in [0.25, 0.3) is 5.91 Å². The number of rotatable bonds is 4. The Balaban J connectivity index is 2.18. The van der Waals surface area contributed by atoms with Crippen LogP contribution in [-0.2, 0) is 14.8 Å². The van der Waals surface area contributed by atoms with Gasteiger partial charge in [-0.3, -0.25) is 9.59 Å². The Labute approximate surface area is 136 Å². The maximum atomic E-state index is 12.5. The number of benzene rings is 1. The number of carbonyl (C=O) groups is 2. The molecule has 23 heavy (non-hydrogen) atoms. The molecule has 1 fully saturated rings. The second-order valence-corrected chi connectivity index (χ2v) is 7.57. The Morgan fingerprint density at radius 2 is 2.04 bits per heavy atom. The molecule has 2 amide bonds. The van der Waals surface area contributed by atoms with Crippen LogP contribution in [0.3, 0.4) is 0 Å². The summed E-state index contributed by atoms with van der Waals surface area (Å²) in [4.78, 5) is 26.4. The van der Waals surface area contributed by atoms with Gasteiger partial charge in [-0.1, -0.05) is 6.07 Å². The minimum absolute atomic E-state index is 0.0130. The van der Waals surface area contributed by atoms with E-state index in [2.05, 4.69) is 4.72 Å². The van der Waals surface area contributed by atoms with E-state index >= 15 is 0 Å².